The van der Waals surface area contributed by atoms with E-state index < -0.39 is 18.2 Å². The summed E-state index contributed by atoms with van der Waals surface area (Å²) in [6.07, 6.45) is 4.42. The van der Waals surface area contributed by atoms with Gasteiger partial charge in [0.15, 0.2) is 0 Å². The second kappa shape index (κ2) is 8.87. The van der Waals surface area contributed by atoms with Crippen molar-refractivity contribution in [2.45, 2.75) is 25.9 Å². The molecular weight excluding hydrogens is 326 g/mol. The van der Waals surface area contributed by atoms with E-state index in [1.807, 2.05) is 12.1 Å². The molecular formula is C20H18F2O3. The summed E-state index contributed by atoms with van der Waals surface area (Å²) in [7, 11) is 0. The molecule has 0 radical (unpaired) electrons. The van der Waals surface area contributed by atoms with Gasteiger partial charge in [-0.1, -0.05) is 24.3 Å². The Balaban J connectivity index is 2.10. The van der Waals surface area contributed by atoms with Crippen LogP contribution in [0.2, 0.25) is 0 Å². The van der Waals surface area contributed by atoms with Gasteiger partial charge >= 0.3 is 6.61 Å². The summed E-state index contributed by atoms with van der Waals surface area (Å²) in [4.78, 5) is 24.7. The molecule has 0 amide bonds. The zero-order valence-electron chi connectivity index (χ0n) is 13.6. The fraction of sp³-hybridized carbons (Fsp3) is 0.200. The van der Waals surface area contributed by atoms with Crippen molar-refractivity contribution >= 4 is 11.6 Å². The van der Waals surface area contributed by atoms with E-state index in [-0.39, 0.29) is 11.3 Å². The maximum absolute atomic E-state index is 12.4. The Bertz CT molecular complexity index is 752. The van der Waals surface area contributed by atoms with Gasteiger partial charge in [0.2, 0.25) is 11.6 Å². The van der Waals surface area contributed by atoms with Gasteiger partial charge in [0.1, 0.15) is 5.75 Å². The Morgan fingerprint density at radius 1 is 1.04 bits per heavy atom. The topological polar surface area (TPSA) is 43.4 Å². The Morgan fingerprint density at radius 3 is 2.36 bits per heavy atom. The lowest BCUT2D eigenvalue weighted by Crippen LogP contribution is -2.14. The number of hydrogen-bond donors (Lipinski definition) is 0. The number of halogens is 2. The Hall–Kier alpha value is -2.82. The molecule has 0 aliphatic rings. The van der Waals surface area contributed by atoms with Gasteiger partial charge in [-0.3, -0.25) is 9.59 Å². The Morgan fingerprint density at radius 2 is 1.72 bits per heavy atom. The number of Topliss-reactive ketones (excluding diaryl/α,β-unsaturated/α-hetero) is 2. The number of hydrogen-bond acceptors (Lipinski definition) is 3. The number of unbranched alkanes of at least 4 members (excludes halogenated alkanes) is 1. The van der Waals surface area contributed by atoms with Gasteiger partial charge in [0, 0.05) is 11.1 Å². The van der Waals surface area contributed by atoms with Gasteiger partial charge in [0.25, 0.3) is 0 Å². The molecule has 5 heteroatoms. The summed E-state index contributed by atoms with van der Waals surface area (Å²) in [6.45, 7) is 0.729. The van der Waals surface area contributed by atoms with Crippen LogP contribution in [-0.2, 0) is 6.42 Å². The van der Waals surface area contributed by atoms with E-state index in [0.717, 1.165) is 24.8 Å². The first-order valence-electron chi connectivity index (χ1n) is 7.85. The van der Waals surface area contributed by atoms with E-state index in [4.69, 9.17) is 0 Å². The highest BCUT2D eigenvalue weighted by atomic mass is 19.3. The normalized spacial score (nSPS) is 10.5. The second-order valence-electron chi connectivity index (χ2n) is 5.44. The fourth-order valence-electron chi connectivity index (χ4n) is 2.37. The van der Waals surface area contributed by atoms with Crippen LogP contribution >= 0.6 is 0 Å². The van der Waals surface area contributed by atoms with E-state index in [1.54, 1.807) is 18.2 Å². The highest BCUT2D eigenvalue weighted by Gasteiger charge is 2.19. The molecule has 0 unspecified atom stereocenters. The van der Waals surface area contributed by atoms with Crippen LogP contribution in [-0.4, -0.2) is 18.2 Å². The standard InChI is InChI=1S/C20H18F2O3/c1-2-3-4-6-14-7-5-8-16(13-14)19(24)18(23)15-9-11-17(12-10-15)25-20(21)22/h2,5,7-13,20H,1,3-4,6H2. The number of ether oxygens (including phenoxy) is 1. The number of alkyl halides is 2. The minimum atomic E-state index is -2.94. The lowest BCUT2D eigenvalue weighted by atomic mass is 9.98. The van der Waals surface area contributed by atoms with Crippen molar-refractivity contribution < 1.29 is 23.1 Å². The molecule has 0 bridgehead atoms. The van der Waals surface area contributed by atoms with Crippen molar-refractivity contribution in [2.75, 3.05) is 0 Å². The van der Waals surface area contributed by atoms with Gasteiger partial charge < -0.3 is 4.74 Å². The maximum atomic E-state index is 12.4. The van der Waals surface area contributed by atoms with Crippen LogP contribution in [0.4, 0.5) is 8.78 Å². The van der Waals surface area contributed by atoms with E-state index >= 15 is 0 Å². The highest BCUT2D eigenvalue weighted by molar-refractivity contribution is 6.49. The summed E-state index contributed by atoms with van der Waals surface area (Å²) in [5, 5.41) is 0. The molecule has 0 aromatic heterocycles. The lowest BCUT2D eigenvalue weighted by molar-refractivity contribution is -0.0498. The zero-order valence-corrected chi connectivity index (χ0v) is 13.6. The quantitative estimate of drug-likeness (QED) is 0.282. The third-order valence-electron chi connectivity index (χ3n) is 3.61. The summed E-state index contributed by atoms with van der Waals surface area (Å²) in [5.74, 6) is -1.39. The first-order valence-corrected chi connectivity index (χ1v) is 7.85. The molecule has 2 aromatic rings. The van der Waals surface area contributed by atoms with Gasteiger partial charge in [0.05, 0.1) is 0 Å². The van der Waals surface area contributed by atoms with Crippen molar-refractivity contribution in [2.24, 2.45) is 0 Å². The minimum absolute atomic E-state index is 0.0665. The number of benzene rings is 2. The molecule has 3 nitrogen and oxygen atoms in total. The third-order valence-corrected chi connectivity index (χ3v) is 3.61. The highest BCUT2D eigenvalue weighted by Crippen LogP contribution is 2.17. The monoisotopic (exact) mass is 344 g/mol. The minimum Gasteiger partial charge on any atom is -0.435 e. The van der Waals surface area contributed by atoms with Gasteiger partial charge in [-0.05, 0) is 55.2 Å². The average Bonchev–Trinajstić information content (AvgIpc) is 2.61. The molecule has 0 aliphatic carbocycles. The largest absolute Gasteiger partial charge is 0.435 e. The van der Waals surface area contributed by atoms with Crippen LogP contribution in [0, 0.1) is 0 Å². The molecule has 2 rings (SSSR count). The number of carbonyl (C=O) groups is 2. The van der Waals surface area contributed by atoms with E-state index in [2.05, 4.69) is 11.3 Å². The summed E-state index contributed by atoms with van der Waals surface area (Å²) in [6, 6.07) is 12.0. The van der Waals surface area contributed by atoms with Crippen LogP contribution in [0.25, 0.3) is 0 Å². The van der Waals surface area contributed by atoms with Gasteiger partial charge in [-0.2, -0.15) is 8.78 Å². The average molecular weight is 344 g/mol. The van der Waals surface area contributed by atoms with Crippen molar-refractivity contribution in [3.8, 4) is 5.75 Å². The number of carbonyl (C=O) groups excluding carboxylic acids is 2. The second-order valence-corrected chi connectivity index (χ2v) is 5.44. The van der Waals surface area contributed by atoms with Crippen molar-refractivity contribution in [3.63, 3.8) is 0 Å². The first-order chi connectivity index (χ1) is 12.0. The number of aryl methyl sites for hydroxylation is 1. The zero-order chi connectivity index (χ0) is 18.2. The first kappa shape index (κ1) is 18.5. The summed E-state index contributed by atoms with van der Waals surface area (Å²) < 4.78 is 28.5. The smallest absolute Gasteiger partial charge is 0.387 e. The van der Waals surface area contributed by atoms with Crippen LogP contribution in [0.3, 0.4) is 0 Å². The molecule has 0 aliphatic heterocycles. The van der Waals surface area contributed by atoms with E-state index in [9.17, 15) is 18.4 Å². The van der Waals surface area contributed by atoms with Crippen molar-refractivity contribution in [1.29, 1.82) is 0 Å². The fourth-order valence-corrected chi connectivity index (χ4v) is 2.37. The van der Waals surface area contributed by atoms with Crippen LogP contribution in [0.5, 0.6) is 5.75 Å². The predicted octanol–water partition coefficient (Wildman–Crippen LogP) is 4.86. The van der Waals surface area contributed by atoms with Crippen LogP contribution in [0.1, 0.15) is 39.1 Å². The molecule has 0 N–H and O–H groups in total. The third kappa shape index (κ3) is 5.35. The Kier molecular flexibility index (Phi) is 6.57. The van der Waals surface area contributed by atoms with E-state index in [1.165, 1.54) is 24.3 Å². The molecule has 0 saturated heterocycles. The lowest BCUT2D eigenvalue weighted by Gasteiger charge is -2.06. The van der Waals surface area contributed by atoms with Crippen LogP contribution in [0.15, 0.2) is 61.2 Å². The summed E-state index contributed by atoms with van der Waals surface area (Å²) >= 11 is 0. The molecule has 0 fully saturated rings. The molecule has 25 heavy (non-hydrogen) atoms. The van der Waals surface area contributed by atoms with E-state index in [0.29, 0.717) is 5.56 Å². The molecule has 0 saturated carbocycles. The van der Waals surface area contributed by atoms with Crippen LogP contribution < -0.4 is 4.74 Å². The molecule has 130 valence electrons. The molecule has 0 spiro atoms. The Labute approximate surface area is 144 Å². The SMILES string of the molecule is C=CCCCc1cccc(C(=O)C(=O)c2ccc(OC(F)F)cc2)c1. The van der Waals surface area contributed by atoms with Gasteiger partial charge in [-0.25, -0.2) is 0 Å². The number of ketones is 2. The maximum Gasteiger partial charge on any atom is 0.387 e. The van der Waals surface area contributed by atoms with Gasteiger partial charge in [-0.15, -0.1) is 6.58 Å². The summed E-state index contributed by atoms with van der Waals surface area (Å²) in [5.41, 5.74) is 1.42. The predicted molar refractivity (Wildman–Crippen MR) is 91.3 cm³/mol. The molecule has 2 aromatic carbocycles. The number of allylic oxidation sites excluding steroid dienone is 1. The van der Waals surface area contributed by atoms with Crippen molar-refractivity contribution in [1.82, 2.24) is 0 Å². The number of rotatable bonds is 9. The molecule has 0 atom stereocenters. The molecule has 0 heterocycles. The van der Waals surface area contributed by atoms with Crippen molar-refractivity contribution in [3.05, 3.63) is 77.9 Å².